The van der Waals surface area contributed by atoms with Crippen LogP contribution in [0, 0.1) is 0 Å². The molecule has 3 heterocycles. The van der Waals surface area contributed by atoms with Crippen LogP contribution in [0.15, 0.2) is 17.7 Å². The smallest absolute Gasteiger partial charge is 0.181 e. The Kier molecular flexibility index (Phi) is 4.49. The second-order valence-electron chi connectivity index (χ2n) is 4.86. The zero-order valence-electron chi connectivity index (χ0n) is 11.5. The summed E-state index contributed by atoms with van der Waals surface area (Å²) >= 11 is 1.75. The fourth-order valence-corrected chi connectivity index (χ4v) is 3.59. The molecule has 2 atom stereocenters. The van der Waals surface area contributed by atoms with Crippen LogP contribution in [0.1, 0.15) is 19.8 Å². The summed E-state index contributed by atoms with van der Waals surface area (Å²) in [6.45, 7) is 4.82. The lowest BCUT2D eigenvalue weighted by Gasteiger charge is -2.31. The minimum atomic E-state index is 0.372. The lowest BCUT2D eigenvalue weighted by molar-refractivity contribution is 0.0833. The van der Waals surface area contributed by atoms with Gasteiger partial charge in [-0.15, -0.1) is 0 Å². The highest BCUT2D eigenvalue weighted by molar-refractivity contribution is 8.00. The molecule has 1 saturated heterocycles. The summed E-state index contributed by atoms with van der Waals surface area (Å²) in [5, 5.41) is 4.94. The van der Waals surface area contributed by atoms with Crippen molar-refractivity contribution in [2.75, 3.05) is 19.8 Å². The monoisotopic (exact) mass is 293 g/mol. The van der Waals surface area contributed by atoms with E-state index < -0.39 is 0 Å². The molecule has 0 spiro atoms. The largest absolute Gasteiger partial charge is 0.380 e. The van der Waals surface area contributed by atoms with E-state index in [0.717, 1.165) is 48.8 Å². The van der Waals surface area contributed by atoms with Crippen molar-refractivity contribution in [3.05, 3.63) is 12.7 Å². The molecule has 0 saturated carbocycles. The summed E-state index contributed by atoms with van der Waals surface area (Å²) in [6.07, 6.45) is 5.43. The Morgan fingerprint density at radius 3 is 3.30 bits per heavy atom. The summed E-state index contributed by atoms with van der Waals surface area (Å²) in [6, 6.07) is 0.474. The first-order chi connectivity index (χ1) is 9.88. The van der Waals surface area contributed by atoms with Gasteiger partial charge >= 0.3 is 0 Å². The van der Waals surface area contributed by atoms with Gasteiger partial charge in [-0.25, -0.2) is 15.0 Å². The van der Waals surface area contributed by atoms with E-state index in [4.69, 9.17) is 4.74 Å². The predicted molar refractivity (Wildman–Crippen MR) is 78.8 cm³/mol. The van der Waals surface area contributed by atoms with Crippen LogP contribution in [0.4, 0.5) is 0 Å². The highest BCUT2D eigenvalue weighted by Gasteiger charge is 2.27. The zero-order chi connectivity index (χ0) is 13.8. The molecule has 1 aliphatic heterocycles. The van der Waals surface area contributed by atoms with Gasteiger partial charge in [0.15, 0.2) is 5.65 Å². The first kappa shape index (κ1) is 13.8. The highest BCUT2D eigenvalue weighted by Crippen LogP contribution is 2.30. The molecule has 0 aromatic carbocycles. The average molecular weight is 293 g/mol. The van der Waals surface area contributed by atoms with Crippen LogP contribution in [0.3, 0.4) is 0 Å². The maximum Gasteiger partial charge on any atom is 0.181 e. The maximum atomic E-state index is 5.63. The lowest BCUT2D eigenvalue weighted by atomic mass is 10.1. The second-order valence-corrected chi connectivity index (χ2v) is 6.09. The first-order valence-corrected chi connectivity index (χ1v) is 7.88. The van der Waals surface area contributed by atoms with Crippen LogP contribution in [0.25, 0.3) is 11.2 Å². The predicted octanol–water partition coefficient (Wildman–Crippen LogP) is 1.60. The standard InChI is InChI=1S/C13H19N5OS/c1-2-4-14-9-3-5-19-6-10(9)20-13-11-12(16-7-15-11)17-8-18-13/h7-10,14H,2-6H2,1H3,(H,15,16,17,18). The van der Waals surface area contributed by atoms with Crippen molar-refractivity contribution in [1.82, 2.24) is 25.3 Å². The molecule has 0 radical (unpaired) electrons. The third-order valence-corrected chi connectivity index (χ3v) is 4.71. The number of H-pyrrole nitrogens is 1. The molecule has 108 valence electrons. The number of ether oxygens (including phenoxy) is 1. The normalized spacial score (nSPS) is 23.2. The summed E-state index contributed by atoms with van der Waals surface area (Å²) in [5.41, 5.74) is 1.63. The minimum Gasteiger partial charge on any atom is -0.380 e. The van der Waals surface area contributed by atoms with Crippen molar-refractivity contribution in [2.45, 2.75) is 36.1 Å². The number of fused-ring (bicyclic) bond motifs is 1. The van der Waals surface area contributed by atoms with Crippen molar-refractivity contribution in [3.63, 3.8) is 0 Å². The third-order valence-electron chi connectivity index (χ3n) is 3.41. The van der Waals surface area contributed by atoms with E-state index in [2.05, 4.69) is 32.2 Å². The highest BCUT2D eigenvalue weighted by atomic mass is 32.2. The quantitative estimate of drug-likeness (QED) is 0.816. The summed E-state index contributed by atoms with van der Waals surface area (Å²) in [7, 11) is 0. The van der Waals surface area contributed by atoms with Crippen LogP contribution in [0.5, 0.6) is 0 Å². The Hall–Kier alpha value is -1.18. The van der Waals surface area contributed by atoms with Gasteiger partial charge in [0.25, 0.3) is 0 Å². The number of nitrogens with one attached hydrogen (secondary N) is 2. The number of hydrogen-bond donors (Lipinski definition) is 2. The molecule has 0 aliphatic carbocycles. The van der Waals surface area contributed by atoms with E-state index in [1.54, 1.807) is 24.4 Å². The number of imidazole rings is 1. The van der Waals surface area contributed by atoms with E-state index in [1.807, 2.05) is 0 Å². The van der Waals surface area contributed by atoms with Crippen molar-refractivity contribution in [3.8, 4) is 0 Å². The van der Waals surface area contributed by atoms with Gasteiger partial charge in [-0.05, 0) is 19.4 Å². The van der Waals surface area contributed by atoms with Gasteiger partial charge in [-0.1, -0.05) is 18.7 Å². The van der Waals surface area contributed by atoms with Crippen LogP contribution in [-0.2, 0) is 4.74 Å². The molecule has 0 bridgehead atoms. The summed E-state index contributed by atoms with van der Waals surface area (Å²) in [5.74, 6) is 0. The van der Waals surface area contributed by atoms with Crippen molar-refractivity contribution in [1.29, 1.82) is 0 Å². The second kappa shape index (κ2) is 6.51. The van der Waals surface area contributed by atoms with Crippen LogP contribution < -0.4 is 5.32 Å². The maximum absolute atomic E-state index is 5.63. The zero-order valence-corrected chi connectivity index (χ0v) is 12.3. The van der Waals surface area contributed by atoms with Gasteiger partial charge in [0.05, 0.1) is 12.9 Å². The molecule has 20 heavy (non-hydrogen) atoms. The van der Waals surface area contributed by atoms with Crippen molar-refractivity contribution < 1.29 is 4.74 Å². The van der Waals surface area contributed by atoms with Gasteiger partial charge < -0.3 is 15.0 Å². The number of nitrogens with zero attached hydrogens (tertiary/aromatic N) is 3. The van der Waals surface area contributed by atoms with Gasteiger partial charge in [0.1, 0.15) is 16.9 Å². The Balaban J connectivity index is 1.76. The first-order valence-electron chi connectivity index (χ1n) is 7.00. The Bertz CT molecular complexity index is 560. The van der Waals surface area contributed by atoms with E-state index >= 15 is 0 Å². The molecule has 1 aliphatic rings. The molecule has 2 N–H and O–H groups in total. The summed E-state index contributed by atoms with van der Waals surface area (Å²) in [4.78, 5) is 15.8. The van der Waals surface area contributed by atoms with Gasteiger partial charge in [0.2, 0.25) is 0 Å². The van der Waals surface area contributed by atoms with E-state index in [-0.39, 0.29) is 0 Å². The Morgan fingerprint density at radius 2 is 2.40 bits per heavy atom. The van der Waals surface area contributed by atoms with Crippen molar-refractivity contribution >= 4 is 22.9 Å². The van der Waals surface area contributed by atoms with Crippen LogP contribution in [0.2, 0.25) is 0 Å². The third kappa shape index (κ3) is 2.94. The molecule has 7 heteroatoms. The molecule has 6 nitrogen and oxygen atoms in total. The molecular formula is C13H19N5OS. The van der Waals surface area contributed by atoms with Gasteiger partial charge in [-0.2, -0.15) is 0 Å². The molecule has 1 fully saturated rings. The Morgan fingerprint density at radius 1 is 1.45 bits per heavy atom. The van der Waals surface area contributed by atoms with Crippen LogP contribution in [-0.4, -0.2) is 51.0 Å². The average Bonchev–Trinajstić information content (AvgIpc) is 2.96. The molecule has 2 unspecified atom stereocenters. The lowest BCUT2D eigenvalue weighted by Crippen LogP contribution is -2.45. The molecule has 3 rings (SSSR count). The van der Waals surface area contributed by atoms with E-state index in [1.165, 1.54) is 0 Å². The minimum absolute atomic E-state index is 0.372. The number of hydrogen-bond acceptors (Lipinski definition) is 6. The topological polar surface area (TPSA) is 75.7 Å². The van der Waals surface area contributed by atoms with E-state index in [9.17, 15) is 0 Å². The fourth-order valence-electron chi connectivity index (χ4n) is 2.37. The fraction of sp³-hybridized carbons (Fsp3) is 0.615. The number of aromatic nitrogens is 4. The van der Waals surface area contributed by atoms with Crippen LogP contribution >= 0.6 is 11.8 Å². The molecule has 2 aromatic rings. The van der Waals surface area contributed by atoms with Gasteiger partial charge in [-0.3, -0.25) is 0 Å². The summed E-state index contributed by atoms with van der Waals surface area (Å²) < 4.78 is 5.63. The number of thioether (sulfide) groups is 1. The Labute approximate surface area is 122 Å². The van der Waals surface area contributed by atoms with Crippen molar-refractivity contribution in [2.24, 2.45) is 0 Å². The molecule has 0 amide bonds. The molecule has 2 aromatic heterocycles. The van der Waals surface area contributed by atoms with Gasteiger partial charge in [0, 0.05) is 17.9 Å². The molecular weight excluding hydrogens is 274 g/mol. The SMILES string of the molecule is CCCNC1CCOCC1Sc1ncnc2nc[nH]c12. The number of rotatable bonds is 5. The number of aromatic amines is 1. The van der Waals surface area contributed by atoms with E-state index in [0.29, 0.717) is 11.3 Å².